The highest BCUT2D eigenvalue weighted by Crippen LogP contribution is 2.21. The number of benzene rings is 1. The lowest BCUT2D eigenvalue weighted by Crippen LogP contribution is -2.41. The van der Waals surface area contributed by atoms with Crippen molar-refractivity contribution in [3.05, 3.63) is 51.6 Å². The number of ether oxygens (including phenoxy) is 1. The number of morpholine rings is 1. The fraction of sp³-hybridized carbons (Fsp3) is 0.353. The molecule has 0 radical (unpaired) electrons. The van der Waals surface area contributed by atoms with Crippen LogP contribution < -0.4 is 5.32 Å². The smallest absolute Gasteiger partial charge is 0.274 e. The maximum atomic E-state index is 12.3. The van der Waals surface area contributed by atoms with Gasteiger partial charge in [0, 0.05) is 29.7 Å². The Morgan fingerprint density at radius 2 is 1.96 bits per heavy atom. The first-order valence-electron chi connectivity index (χ1n) is 8.02. The van der Waals surface area contributed by atoms with E-state index in [2.05, 4.69) is 15.5 Å². The molecule has 2 aromatic rings. The van der Waals surface area contributed by atoms with E-state index in [1.54, 1.807) is 23.1 Å². The van der Waals surface area contributed by atoms with Crippen LogP contribution in [-0.4, -0.2) is 53.9 Å². The molecule has 0 saturated carbocycles. The van der Waals surface area contributed by atoms with Crippen LogP contribution in [0, 0.1) is 0 Å². The standard InChI is InChI=1S/C17H18Cl2N4O2/c18-13-2-1-12(14(19)11-13)5-6-20-16-4-3-15(21-22-16)17(24)23-7-9-25-10-8-23/h1-4,11H,5-10H2,(H,20,22). The summed E-state index contributed by atoms with van der Waals surface area (Å²) in [6.07, 6.45) is 0.728. The first kappa shape index (κ1) is 17.9. The molecule has 6 nitrogen and oxygen atoms in total. The summed E-state index contributed by atoms with van der Waals surface area (Å²) in [6.45, 7) is 2.94. The monoisotopic (exact) mass is 380 g/mol. The van der Waals surface area contributed by atoms with Crippen LogP contribution in [0.4, 0.5) is 5.82 Å². The Morgan fingerprint density at radius 3 is 2.64 bits per heavy atom. The molecule has 0 spiro atoms. The van der Waals surface area contributed by atoms with Gasteiger partial charge in [-0.05, 0) is 36.2 Å². The highest BCUT2D eigenvalue weighted by atomic mass is 35.5. The molecule has 1 fully saturated rings. The van der Waals surface area contributed by atoms with Crippen molar-refractivity contribution < 1.29 is 9.53 Å². The Kier molecular flexibility index (Phi) is 6.07. The maximum Gasteiger partial charge on any atom is 0.274 e. The summed E-state index contributed by atoms with van der Waals surface area (Å²) in [4.78, 5) is 14.0. The van der Waals surface area contributed by atoms with Crippen LogP contribution in [0.15, 0.2) is 30.3 Å². The molecule has 1 N–H and O–H groups in total. The van der Waals surface area contributed by atoms with Gasteiger partial charge in [0.2, 0.25) is 0 Å². The lowest BCUT2D eigenvalue weighted by atomic mass is 10.1. The maximum absolute atomic E-state index is 12.3. The van der Waals surface area contributed by atoms with E-state index in [1.165, 1.54) is 0 Å². The third-order valence-corrected chi connectivity index (χ3v) is 4.48. The number of nitrogens with zero attached hydrogens (tertiary/aromatic N) is 3. The van der Waals surface area contributed by atoms with Crippen LogP contribution >= 0.6 is 23.2 Å². The second-order valence-electron chi connectivity index (χ2n) is 5.62. The van der Waals surface area contributed by atoms with Crippen molar-refractivity contribution in [3.63, 3.8) is 0 Å². The number of amides is 1. The number of hydrogen-bond donors (Lipinski definition) is 1. The molecule has 0 unspecified atom stereocenters. The molecule has 1 aromatic carbocycles. The second kappa shape index (κ2) is 8.47. The van der Waals surface area contributed by atoms with Gasteiger partial charge in [-0.2, -0.15) is 0 Å². The summed E-state index contributed by atoms with van der Waals surface area (Å²) in [5.74, 6) is 0.499. The van der Waals surface area contributed by atoms with Crippen molar-refractivity contribution in [2.24, 2.45) is 0 Å². The van der Waals surface area contributed by atoms with Gasteiger partial charge in [0.05, 0.1) is 13.2 Å². The lowest BCUT2D eigenvalue weighted by molar-refractivity contribution is 0.0298. The van der Waals surface area contributed by atoms with Crippen molar-refractivity contribution in [1.82, 2.24) is 15.1 Å². The summed E-state index contributed by atoms with van der Waals surface area (Å²) in [6, 6.07) is 8.88. The van der Waals surface area contributed by atoms with Crippen LogP contribution in [0.2, 0.25) is 10.0 Å². The number of anilines is 1. The first-order valence-corrected chi connectivity index (χ1v) is 8.77. The molecule has 0 bridgehead atoms. The molecule has 1 saturated heterocycles. The van der Waals surface area contributed by atoms with Crippen molar-refractivity contribution >= 4 is 34.9 Å². The van der Waals surface area contributed by atoms with E-state index in [1.807, 2.05) is 12.1 Å². The Morgan fingerprint density at radius 1 is 1.16 bits per heavy atom. The van der Waals surface area contributed by atoms with Gasteiger partial charge in [0.15, 0.2) is 5.69 Å². The fourth-order valence-corrected chi connectivity index (χ4v) is 3.02. The molecule has 132 valence electrons. The molecule has 1 amide bonds. The topological polar surface area (TPSA) is 67.4 Å². The quantitative estimate of drug-likeness (QED) is 0.863. The number of carbonyl (C=O) groups excluding carboxylic acids is 1. The molecule has 1 aliphatic heterocycles. The number of aromatic nitrogens is 2. The number of rotatable bonds is 5. The molecular weight excluding hydrogens is 363 g/mol. The molecule has 8 heteroatoms. The minimum Gasteiger partial charge on any atom is -0.378 e. The van der Waals surface area contributed by atoms with Gasteiger partial charge < -0.3 is 15.0 Å². The number of hydrogen-bond acceptors (Lipinski definition) is 5. The molecular formula is C17H18Cl2N4O2. The molecule has 0 aliphatic carbocycles. The zero-order chi connectivity index (χ0) is 17.6. The molecule has 0 atom stereocenters. The SMILES string of the molecule is O=C(c1ccc(NCCc2ccc(Cl)cc2Cl)nn1)N1CCOCC1. The molecule has 2 heterocycles. The van der Waals surface area contributed by atoms with Crippen LogP contribution in [0.1, 0.15) is 16.1 Å². The van der Waals surface area contributed by atoms with Crippen LogP contribution in [0.5, 0.6) is 0 Å². The van der Waals surface area contributed by atoms with E-state index >= 15 is 0 Å². The first-order chi connectivity index (χ1) is 12.1. The third-order valence-electron chi connectivity index (χ3n) is 3.90. The van der Waals surface area contributed by atoms with Crippen molar-refractivity contribution in [2.75, 3.05) is 38.2 Å². The molecule has 1 aliphatic rings. The van der Waals surface area contributed by atoms with E-state index < -0.39 is 0 Å². The minimum absolute atomic E-state index is 0.115. The predicted octanol–water partition coefficient (Wildman–Crippen LogP) is 2.91. The van der Waals surface area contributed by atoms with Gasteiger partial charge in [-0.15, -0.1) is 10.2 Å². The lowest BCUT2D eigenvalue weighted by Gasteiger charge is -2.26. The fourth-order valence-electron chi connectivity index (χ4n) is 2.52. The van der Waals surface area contributed by atoms with Crippen molar-refractivity contribution in [1.29, 1.82) is 0 Å². The third kappa shape index (κ3) is 4.81. The van der Waals surface area contributed by atoms with E-state index in [4.69, 9.17) is 27.9 Å². The van der Waals surface area contributed by atoms with Gasteiger partial charge >= 0.3 is 0 Å². The van der Waals surface area contributed by atoms with Crippen LogP contribution in [-0.2, 0) is 11.2 Å². The summed E-state index contributed by atoms with van der Waals surface area (Å²) in [7, 11) is 0. The second-order valence-corrected chi connectivity index (χ2v) is 6.46. The van der Waals surface area contributed by atoms with Gasteiger partial charge in [0.25, 0.3) is 5.91 Å². The van der Waals surface area contributed by atoms with Gasteiger partial charge in [-0.1, -0.05) is 29.3 Å². The van der Waals surface area contributed by atoms with Crippen molar-refractivity contribution in [3.8, 4) is 0 Å². The average Bonchev–Trinajstić information content (AvgIpc) is 2.64. The van der Waals surface area contributed by atoms with Gasteiger partial charge in [-0.25, -0.2) is 0 Å². The highest BCUT2D eigenvalue weighted by molar-refractivity contribution is 6.35. The molecule has 1 aromatic heterocycles. The van der Waals surface area contributed by atoms with Crippen LogP contribution in [0.3, 0.4) is 0 Å². The number of nitrogens with one attached hydrogen (secondary N) is 1. The van der Waals surface area contributed by atoms with E-state index in [0.717, 1.165) is 12.0 Å². The number of carbonyl (C=O) groups is 1. The predicted molar refractivity (Wildman–Crippen MR) is 97.4 cm³/mol. The van der Waals surface area contributed by atoms with Gasteiger partial charge in [0.1, 0.15) is 5.82 Å². The van der Waals surface area contributed by atoms with E-state index in [-0.39, 0.29) is 5.91 Å². The van der Waals surface area contributed by atoms with Crippen molar-refractivity contribution in [2.45, 2.75) is 6.42 Å². The Hall–Kier alpha value is -1.89. The van der Waals surface area contributed by atoms with E-state index in [9.17, 15) is 4.79 Å². The zero-order valence-corrected chi connectivity index (χ0v) is 15.1. The Labute approximate surface area is 156 Å². The largest absolute Gasteiger partial charge is 0.378 e. The van der Waals surface area contributed by atoms with E-state index in [0.29, 0.717) is 54.4 Å². The highest BCUT2D eigenvalue weighted by Gasteiger charge is 2.19. The zero-order valence-electron chi connectivity index (χ0n) is 13.5. The average molecular weight is 381 g/mol. The minimum atomic E-state index is -0.115. The van der Waals surface area contributed by atoms with Gasteiger partial charge in [-0.3, -0.25) is 4.79 Å². The Balaban J connectivity index is 1.53. The number of halogens is 2. The molecule has 25 heavy (non-hydrogen) atoms. The summed E-state index contributed by atoms with van der Waals surface area (Å²) >= 11 is 12.0. The molecule has 3 rings (SSSR count). The summed E-state index contributed by atoms with van der Waals surface area (Å²) in [5.41, 5.74) is 1.35. The summed E-state index contributed by atoms with van der Waals surface area (Å²) in [5, 5.41) is 12.5. The Bertz CT molecular complexity index is 734. The summed E-state index contributed by atoms with van der Waals surface area (Å²) < 4.78 is 5.24. The van der Waals surface area contributed by atoms with Crippen LogP contribution in [0.25, 0.3) is 0 Å². The normalized spacial score (nSPS) is 14.4.